The van der Waals surface area contributed by atoms with E-state index in [4.69, 9.17) is 4.42 Å². The third-order valence-electron chi connectivity index (χ3n) is 5.42. The molecule has 3 N–H and O–H groups in total. The molecule has 0 radical (unpaired) electrons. The van der Waals surface area contributed by atoms with Crippen LogP contribution in [-0.4, -0.2) is 64.9 Å². The lowest BCUT2D eigenvalue weighted by Crippen LogP contribution is -2.56. The summed E-state index contributed by atoms with van der Waals surface area (Å²) in [6.07, 6.45) is 3.27. The van der Waals surface area contributed by atoms with Gasteiger partial charge in [-0.15, -0.1) is 0 Å². The van der Waals surface area contributed by atoms with E-state index in [0.29, 0.717) is 37.5 Å². The van der Waals surface area contributed by atoms with Crippen molar-refractivity contribution in [3.8, 4) is 0 Å². The number of nitrogens with one attached hydrogen (secondary N) is 3. The lowest BCUT2D eigenvalue weighted by molar-refractivity contribution is -0.122. The number of para-hydroxylation sites is 1. The second-order valence-electron chi connectivity index (χ2n) is 7.50. The summed E-state index contributed by atoms with van der Waals surface area (Å²) in [4.78, 5) is 44.1. The highest BCUT2D eigenvalue weighted by Crippen LogP contribution is 2.20. The molecule has 0 bridgehead atoms. The molecule has 4 rings (SSSR count). The number of amides is 4. The summed E-state index contributed by atoms with van der Waals surface area (Å²) >= 11 is 0. The Balaban J connectivity index is 1.26. The molecule has 0 spiro atoms. The van der Waals surface area contributed by atoms with E-state index in [0.717, 1.165) is 10.9 Å². The fourth-order valence-electron chi connectivity index (χ4n) is 3.61. The number of piperazine rings is 1. The number of urea groups is 1. The quantitative estimate of drug-likeness (QED) is 0.582. The van der Waals surface area contributed by atoms with Crippen LogP contribution in [0.15, 0.2) is 53.3 Å². The van der Waals surface area contributed by atoms with Crippen molar-refractivity contribution in [1.82, 2.24) is 25.4 Å². The smallest absolute Gasteiger partial charge is 0.318 e. The van der Waals surface area contributed by atoms with E-state index in [1.54, 1.807) is 35.1 Å². The van der Waals surface area contributed by atoms with E-state index in [1.807, 2.05) is 24.3 Å². The van der Waals surface area contributed by atoms with Gasteiger partial charge in [-0.25, -0.2) is 4.79 Å². The molecule has 1 aliphatic rings. The van der Waals surface area contributed by atoms with E-state index >= 15 is 0 Å². The molecule has 9 nitrogen and oxygen atoms in total. The van der Waals surface area contributed by atoms with Gasteiger partial charge >= 0.3 is 6.03 Å². The normalized spacial score (nSPS) is 15.0. The highest BCUT2D eigenvalue weighted by molar-refractivity contribution is 6.06. The van der Waals surface area contributed by atoms with Crippen LogP contribution in [0.3, 0.4) is 0 Å². The molecule has 1 fully saturated rings. The van der Waals surface area contributed by atoms with E-state index in [2.05, 4.69) is 15.6 Å². The first-order valence-electron chi connectivity index (χ1n) is 10.2. The highest BCUT2D eigenvalue weighted by Gasteiger charge is 2.27. The number of benzene rings is 1. The van der Waals surface area contributed by atoms with Gasteiger partial charge in [0.15, 0.2) is 0 Å². The van der Waals surface area contributed by atoms with E-state index < -0.39 is 6.04 Å². The Kier molecular flexibility index (Phi) is 5.92. The zero-order valence-corrected chi connectivity index (χ0v) is 17.3. The predicted molar refractivity (Wildman–Crippen MR) is 114 cm³/mol. The minimum Gasteiger partial charge on any atom is -0.467 e. The van der Waals surface area contributed by atoms with Gasteiger partial charge in [-0.2, -0.15) is 0 Å². The van der Waals surface area contributed by atoms with Crippen molar-refractivity contribution in [2.75, 3.05) is 26.2 Å². The molecule has 0 saturated carbocycles. The van der Waals surface area contributed by atoms with Crippen LogP contribution in [0, 0.1) is 0 Å². The first-order valence-corrected chi connectivity index (χ1v) is 10.2. The van der Waals surface area contributed by atoms with E-state index in [9.17, 15) is 14.4 Å². The van der Waals surface area contributed by atoms with Crippen LogP contribution in [0.1, 0.15) is 23.0 Å². The zero-order chi connectivity index (χ0) is 21.8. The van der Waals surface area contributed by atoms with E-state index in [-0.39, 0.29) is 24.4 Å². The number of aromatic nitrogens is 1. The summed E-state index contributed by atoms with van der Waals surface area (Å²) in [6, 6.07) is 10.2. The molecule has 162 valence electrons. The molecule has 4 amide bonds. The molecule has 1 unspecified atom stereocenters. The lowest BCUT2D eigenvalue weighted by Gasteiger charge is -2.35. The number of hydrogen-bond acceptors (Lipinski definition) is 4. The van der Waals surface area contributed by atoms with Crippen molar-refractivity contribution < 1.29 is 18.8 Å². The molecule has 2 aromatic heterocycles. The minimum atomic E-state index is -0.687. The minimum absolute atomic E-state index is 0.0526. The van der Waals surface area contributed by atoms with Crippen LogP contribution in [0.5, 0.6) is 0 Å². The topological polar surface area (TPSA) is 111 Å². The molecule has 1 aromatic carbocycles. The molecule has 9 heteroatoms. The van der Waals surface area contributed by atoms with Gasteiger partial charge in [-0.1, -0.05) is 18.2 Å². The zero-order valence-electron chi connectivity index (χ0n) is 17.3. The number of H-pyrrole nitrogens is 1. The number of nitrogens with zero attached hydrogens (tertiary/aromatic N) is 2. The van der Waals surface area contributed by atoms with Crippen LogP contribution in [0.4, 0.5) is 4.79 Å². The van der Waals surface area contributed by atoms with Gasteiger partial charge in [0.05, 0.1) is 18.4 Å². The Morgan fingerprint density at radius 1 is 1.06 bits per heavy atom. The summed E-state index contributed by atoms with van der Waals surface area (Å²) in [5.74, 6) is 0.295. The third kappa shape index (κ3) is 4.55. The summed E-state index contributed by atoms with van der Waals surface area (Å²) in [5.41, 5.74) is 1.55. The van der Waals surface area contributed by atoms with Crippen molar-refractivity contribution in [3.05, 3.63) is 60.2 Å². The van der Waals surface area contributed by atoms with Gasteiger partial charge in [0.2, 0.25) is 5.91 Å². The van der Waals surface area contributed by atoms with Crippen LogP contribution in [0.2, 0.25) is 0 Å². The average Bonchev–Trinajstić information content (AvgIpc) is 3.47. The molecule has 0 aliphatic carbocycles. The molecular weight excluding hydrogens is 398 g/mol. The number of carbonyl (C=O) groups excluding carboxylic acids is 3. The van der Waals surface area contributed by atoms with Gasteiger partial charge in [-0.05, 0) is 25.1 Å². The Morgan fingerprint density at radius 2 is 1.81 bits per heavy atom. The second kappa shape index (κ2) is 8.95. The van der Waals surface area contributed by atoms with Gasteiger partial charge in [-0.3, -0.25) is 9.59 Å². The van der Waals surface area contributed by atoms with Crippen molar-refractivity contribution in [2.24, 2.45) is 0 Å². The lowest BCUT2D eigenvalue weighted by atomic mass is 10.1. The Morgan fingerprint density at radius 3 is 2.55 bits per heavy atom. The second-order valence-corrected chi connectivity index (χ2v) is 7.50. The monoisotopic (exact) mass is 423 g/mol. The van der Waals surface area contributed by atoms with Crippen LogP contribution < -0.4 is 10.6 Å². The van der Waals surface area contributed by atoms with Gasteiger partial charge in [0.1, 0.15) is 11.8 Å². The number of rotatable bonds is 5. The van der Waals surface area contributed by atoms with Crippen molar-refractivity contribution in [1.29, 1.82) is 0 Å². The van der Waals surface area contributed by atoms with Crippen LogP contribution in [-0.2, 0) is 11.3 Å². The fourth-order valence-corrected chi connectivity index (χ4v) is 3.61. The first-order chi connectivity index (χ1) is 15.0. The Hall–Kier alpha value is -3.75. The summed E-state index contributed by atoms with van der Waals surface area (Å²) in [7, 11) is 0. The molecule has 1 atom stereocenters. The third-order valence-corrected chi connectivity index (χ3v) is 5.42. The van der Waals surface area contributed by atoms with Gasteiger partial charge in [0.25, 0.3) is 5.91 Å². The fraction of sp³-hybridized carbons (Fsp3) is 0.318. The van der Waals surface area contributed by atoms with Crippen molar-refractivity contribution in [2.45, 2.75) is 19.5 Å². The molecule has 3 aromatic rings. The van der Waals surface area contributed by atoms with E-state index in [1.165, 1.54) is 6.26 Å². The SMILES string of the molecule is CC(NC(=O)N1CCN(C(=O)c2c[nH]c3ccccc23)CC1)C(=O)NCc1ccco1. The maximum atomic E-state index is 12.9. The van der Waals surface area contributed by atoms with Gasteiger partial charge in [0, 0.05) is 43.3 Å². The average molecular weight is 423 g/mol. The standard InChI is InChI=1S/C22H25N5O4/c1-15(20(28)24-13-16-5-4-12-31-16)25-22(30)27-10-8-26(9-11-27)21(29)18-14-23-19-7-3-2-6-17(18)19/h2-7,12,14-15,23H,8-11,13H2,1H3,(H,24,28)(H,25,30). The molecule has 1 aliphatic heterocycles. The predicted octanol–water partition coefficient (Wildman–Crippen LogP) is 1.93. The summed E-state index contributed by atoms with van der Waals surface area (Å²) in [6.45, 7) is 3.57. The molecule has 3 heterocycles. The maximum absolute atomic E-state index is 12.9. The van der Waals surface area contributed by atoms with Crippen molar-refractivity contribution in [3.63, 3.8) is 0 Å². The number of furan rings is 1. The summed E-state index contributed by atoms with van der Waals surface area (Å²) < 4.78 is 5.18. The van der Waals surface area contributed by atoms with Crippen molar-refractivity contribution >= 4 is 28.7 Å². The number of hydrogen-bond donors (Lipinski definition) is 3. The molecule has 31 heavy (non-hydrogen) atoms. The van der Waals surface area contributed by atoms with Crippen LogP contribution >= 0.6 is 0 Å². The first kappa shape index (κ1) is 20.5. The highest BCUT2D eigenvalue weighted by atomic mass is 16.3. The summed E-state index contributed by atoms with van der Waals surface area (Å²) in [5, 5.41) is 6.33. The number of aromatic amines is 1. The molecular formula is C22H25N5O4. The number of carbonyl (C=O) groups is 3. The molecule has 1 saturated heterocycles. The number of fused-ring (bicyclic) bond motifs is 1. The van der Waals surface area contributed by atoms with Crippen LogP contribution in [0.25, 0.3) is 10.9 Å². The van der Waals surface area contributed by atoms with Gasteiger partial charge < -0.3 is 29.8 Å². The Labute approximate surface area is 179 Å². The maximum Gasteiger partial charge on any atom is 0.318 e. The Bertz CT molecular complexity index is 1070. The largest absolute Gasteiger partial charge is 0.467 e.